The van der Waals surface area contributed by atoms with Crippen LogP contribution in [0.1, 0.15) is 30.0 Å². The molecule has 0 saturated heterocycles. The van der Waals surface area contributed by atoms with Crippen molar-refractivity contribution in [3.63, 3.8) is 0 Å². The van der Waals surface area contributed by atoms with Gasteiger partial charge in [0, 0.05) is 0 Å². The molecule has 0 N–H and O–H groups in total. The van der Waals surface area contributed by atoms with E-state index in [-0.39, 0.29) is 0 Å². The Morgan fingerprint density at radius 2 is 2.14 bits per heavy atom. The molecule has 0 saturated carbocycles. The van der Waals surface area contributed by atoms with Crippen LogP contribution in [0.3, 0.4) is 0 Å². The normalized spacial score (nSPS) is 11.1. The van der Waals surface area contributed by atoms with E-state index < -0.39 is 0 Å². The van der Waals surface area contributed by atoms with Crippen molar-refractivity contribution in [3.8, 4) is 6.07 Å². The number of nitriles is 1. The average Bonchev–Trinajstić information content (AvgIpc) is 2.18. The lowest BCUT2D eigenvalue weighted by atomic mass is 9.99. The third-order valence-corrected chi connectivity index (χ3v) is 2.32. The Kier molecular flexibility index (Phi) is 3.48. The average molecular weight is 185 g/mol. The summed E-state index contributed by atoms with van der Waals surface area (Å²) in [6.45, 7) is 6.23. The first kappa shape index (κ1) is 10.5. The third-order valence-electron chi connectivity index (χ3n) is 2.32. The molecule has 0 aliphatic heterocycles. The van der Waals surface area contributed by atoms with Gasteiger partial charge in [0.2, 0.25) is 0 Å². The summed E-state index contributed by atoms with van der Waals surface area (Å²) >= 11 is 0. The van der Waals surface area contributed by atoms with Gasteiger partial charge in [-0.1, -0.05) is 29.8 Å². The largest absolute Gasteiger partial charge is 0.198 e. The summed E-state index contributed by atoms with van der Waals surface area (Å²) in [5.41, 5.74) is 4.96. The zero-order valence-electron chi connectivity index (χ0n) is 8.96. The van der Waals surface area contributed by atoms with Crippen LogP contribution in [0, 0.1) is 25.2 Å². The van der Waals surface area contributed by atoms with Crippen LogP contribution in [0.15, 0.2) is 24.3 Å². The Hall–Kier alpha value is -1.55. The predicted molar refractivity (Wildman–Crippen MR) is 59.8 cm³/mol. The summed E-state index contributed by atoms with van der Waals surface area (Å²) in [6, 6.07) is 8.52. The van der Waals surface area contributed by atoms with Crippen LogP contribution in [0.5, 0.6) is 0 Å². The van der Waals surface area contributed by atoms with Crippen molar-refractivity contribution in [1.29, 1.82) is 5.26 Å². The molecule has 1 heteroatoms. The highest BCUT2D eigenvalue weighted by Crippen LogP contribution is 2.20. The van der Waals surface area contributed by atoms with Crippen LogP contribution < -0.4 is 0 Å². The van der Waals surface area contributed by atoms with Gasteiger partial charge < -0.3 is 0 Å². The summed E-state index contributed by atoms with van der Waals surface area (Å²) < 4.78 is 0. The molecule has 0 amide bonds. The topological polar surface area (TPSA) is 23.8 Å². The number of aryl methyl sites for hydroxylation is 2. The number of hydrogen-bond donors (Lipinski definition) is 0. The molecule has 0 unspecified atom stereocenters. The zero-order valence-corrected chi connectivity index (χ0v) is 8.96. The van der Waals surface area contributed by atoms with Crippen LogP contribution in [0.25, 0.3) is 5.57 Å². The maximum absolute atomic E-state index is 8.49. The highest BCUT2D eigenvalue weighted by Gasteiger charge is 1.99. The molecule has 0 aliphatic carbocycles. The molecule has 72 valence electrons. The van der Waals surface area contributed by atoms with Gasteiger partial charge in [-0.3, -0.25) is 0 Å². The second-order valence-electron chi connectivity index (χ2n) is 3.57. The van der Waals surface area contributed by atoms with E-state index in [2.05, 4.69) is 45.0 Å². The van der Waals surface area contributed by atoms with Gasteiger partial charge in [-0.15, -0.1) is 0 Å². The highest BCUT2D eigenvalue weighted by atomic mass is 14.2. The Bertz CT molecular complexity index is 394. The Balaban J connectivity index is 3.06. The van der Waals surface area contributed by atoms with Crippen LogP contribution in [0.2, 0.25) is 0 Å². The van der Waals surface area contributed by atoms with E-state index in [1.807, 2.05) is 6.08 Å². The van der Waals surface area contributed by atoms with Crippen LogP contribution in [-0.4, -0.2) is 0 Å². The number of hydrogen-bond acceptors (Lipinski definition) is 1. The molecule has 1 aromatic carbocycles. The van der Waals surface area contributed by atoms with Gasteiger partial charge in [0.05, 0.1) is 12.5 Å². The zero-order chi connectivity index (χ0) is 10.6. The molecule has 0 spiro atoms. The maximum atomic E-state index is 8.49. The van der Waals surface area contributed by atoms with Crippen LogP contribution in [-0.2, 0) is 0 Å². The molecule has 0 radical (unpaired) electrons. The number of benzene rings is 1. The third kappa shape index (κ3) is 2.47. The highest BCUT2D eigenvalue weighted by molar-refractivity contribution is 5.67. The Labute approximate surface area is 85.7 Å². The van der Waals surface area contributed by atoms with Gasteiger partial charge in [-0.25, -0.2) is 0 Å². The van der Waals surface area contributed by atoms with Crippen LogP contribution in [0.4, 0.5) is 0 Å². The monoisotopic (exact) mass is 185 g/mol. The second kappa shape index (κ2) is 4.62. The predicted octanol–water partition coefficient (Wildman–Crippen LogP) is 3.62. The van der Waals surface area contributed by atoms with E-state index in [1.165, 1.54) is 22.3 Å². The van der Waals surface area contributed by atoms with Gasteiger partial charge >= 0.3 is 0 Å². The van der Waals surface area contributed by atoms with Crippen molar-refractivity contribution in [2.75, 3.05) is 0 Å². The van der Waals surface area contributed by atoms with Crippen LogP contribution >= 0.6 is 0 Å². The van der Waals surface area contributed by atoms with Crippen molar-refractivity contribution in [1.82, 2.24) is 0 Å². The quantitative estimate of drug-likeness (QED) is 0.690. The molecule has 0 fully saturated rings. The van der Waals surface area contributed by atoms with Gasteiger partial charge in [0.25, 0.3) is 0 Å². The summed E-state index contributed by atoms with van der Waals surface area (Å²) in [7, 11) is 0. The summed E-state index contributed by atoms with van der Waals surface area (Å²) in [5, 5.41) is 8.49. The van der Waals surface area contributed by atoms with Gasteiger partial charge in [0.15, 0.2) is 0 Å². The van der Waals surface area contributed by atoms with Crippen molar-refractivity contribution in [2.45, 2.75) is 27.2 Å². The fourth-order valence-corrected chi connectivity index (χ4v) is 1.47. The van der Waals surface area contributed by atoms with E-state index in [9.17, 15) is 0 Å². The standard InChI is InChI=1S/C13H15N/c1-10-6-7-12(3)13(9-10)11(2)5-4-8-14/h5-7,9H,4H2,1-3H3/b11-5-. The van der Waals surface area contributed by atoms with Gasteiger partial charge in [-0.05, 0) is 37.5 Å². The lowest BCUT2D eigenvalue weighted by molar-refractivity contribution is 1.32. The molecule has 0 atom stereocenters. The molecule has 0 aliphatic rings. The van der Waals surface area contributed by atoms with Crippen molar-refractivity contribution in [2.24, 2.45) is 0 Å². The minimum absolute atomic E-state index is 0.485. The summed E-state index contributed by atoms with van der Waals surface area (Å²) in [6.07, 6.45) is 2.46. The van der Waals surface area contributed by atoms with Crippen molar-refractivity contribution >= 4 is 5.57 Å². The minimum Gasteiger partial charge on any atom is -0.198 e. The van der Waals surface area contributed by atoms with E-state index in [4.69, 9.17) is 5.26 Å². The molecular formula is C13H15N. The fourth-order valence-electron chi connectivity index (χ4n) is 1.47. The number of nitrogens with zero attached hydrogens (tertiary/aromatic N) is 1. The first-order chi connectivity index (χ1) is 6.65. The van der Waals surface area contributed by atoms with Crippen molar-refractivity contribution in [3.05, 3.63) is 41.0 Å². The Morgan fingerprint density at radius 3 is 2.79 bits per heavy atom. The van der Waals surface area contributed by atoms with Gasteiger partial charge in [0.1, 0.15) is 0 Å². The minimum atomic E-state index is 0.485. The van der Waals surface area contributed by atoms with E-state index in [0.29, 0.717) is 6.42 Å². The molecule has 1 aromatic rings. The SMILES string of the molecule is C/C(=C/CC#N)c1cc(C)ccc1C. The summed E-state index contributed by atoms with van der Waals surface area (Å²) in [5.74, 6) is 0. The second-order valence-corrected chi connectivity index (χ2v) is 3.57. The molecular weight excluding hydrogens is 170 g/mol. The van der Waals surface area contributed by atoms with E-state index in [1.54, 1.807) is 0 Å². The first-order valence-electron chi connectivity index (χ1n) is 4.76. The fraction of sp³-hybridized carbons (Fsp3) is 0.308. The van der Waals surface area contributed by atoms with E-state index in [0.717, 1.165) is 0 Å². The van der Waals surface area contributed by atoms with Crippen molar-refractivity contribution < 1.29 is 0 Å². The number of rotatable bonds is 2. The van der Waals surface area contributed by atoms with E-state index >= 15 is 0 Å². The molecule has 0 heterocycles. The molecule has 1 nitrogen and oxygen atoms in total. The molecule has 0 aromatic heterocycles. The lowest BCUT2D eigenvalue weighted by Crippen LogP contribution is -1.87. The molecule has 14 heavy (non-hydrogen) atoms. The molecule has 0 bridgehead atoms. The van der Waals surface area contributed by atoms with Gasteiger partial charge in [-0.2, -0.15) is 5.26 Å². The Morgan fingerprint density at radius 1 is 1.43 bits per heavy atom. The first-order valence-corrected chi connectivity index (χ1v) is 4.76. The lowest BCUT2D eigenvalue weighted by Gasteiger charge is -2.06. The smallest absolute Gasteiger partial charge is 0.0663 e. The molecule has 1 rings (SSSR count). The summed E-state index contributed by atoms with van der Waals surface area (Å²) in [4.78, 5) is 0. The number of allylic oxidation sites excluding steroid dienone is 2. The maximum Gasteiger partial charge on any atom is 0.0663 e.